The van der Waals surface area contributed by atoms with Crippen molar-refractivity contribution in [3.8, 4) is 34.4 Å². The Hall–Kier alpha value is -6.80. The number of halogens is 2. The number of carboxylic acid groups (broad SMARTS) is 1. The van der Waals surface area contributed by atoms with Gasteiger partial charge in [0, 0.05) is 24.9 Å². The Morgan fingerprint density at radius 1 is 0.836 bits per heavy atom. The number of carbonyl (C=O) groups is 3. The summed E-state index contributed by atoms with van der Waals surface area (Å²) in [5, 5.41) is 23.1. The van der Waals surface area contributed by atoms with E-state index in [4.69, 9.17) is 42.7 Å². The molecule has 1 unspecified atom stereocenters. The van der Waals surface area contributed by atoms with Crippen molar-refractivity contribution < 1.29 is 33.7 Å². The molecule has 12 heteroatoms. The first kappa shape index (κ1) is 41.0. The highest BCUT2D eigenvalue weighted by molar-refractivity contribution is 6.42. The average Bonchev–Trinajstić information content (AvgIpc) is 3.28. The smallest absolute Gasteiger partial charge is 0.326 e. The normalized spacial score (nSPS) is 15.8. The Labute approximate surface area is 362 Å². The highest BCUT2D eigenvalue weighted by atomic mass is 35.5. The van der Waals surface area contributed by atoms with E-state index in [0.717, 1.165) is 38.9 Å². The number of carboxylic acids is 1. The van der Waals surface area contributed by atoms with Crippen LogP contribution in [0.25, 0.3) is 11.1 Å². The van der Waals surface area contributed by atoms with Gasteiger partial charge in [0.2, 0.25) is 5.91 Å². The van der Waals surface area contributed by atoms with Gasteiger partial charge in [0.1, 0.15) is 31.0 Å². The molecule has 0 aliphatic carbocycles. The number of amides is 2. The Balaban J connectivity index is 0.983. The number of fused-ring (bicyclic) bond motifs is 2. The molecule has 0 saturated heterocycles. The lowest BCUT2D eigenvalue weighted by atomic mass is 9.91. The second-order valence-electron chi connectivity index (χ2n) is 15.1. The van der Waals surface area contributed by atoms with E-state index in [1.807, 2.05) is 97.9 Å². The van der Waals surface area contributed by atoms with Crippen LogP contribution >= 0.6 is 23.2 Å². The zero-order chi connectivity index (χ0) is 42.6. The molecule has 10 nitrogen and oxygen atoms in total. The van der Waals surface area contributed by atoms with Gasteiger partial charge < -0.3 is 29.5 Å². The zero-order valence-electron chi connectivity index (χ0n) is 32.9. The molecule has 2 amide bonds. The molecule has 0 bridgehead atoms. The standard InChI is InChI=1S/C49H39Cl2N3O7/c1-29-2-9-36(10-3-29)48(56)54-26-38-24-45-44(60-28-46(61-45)35-15-17-39(18-16-35)59-27-32-8-19-40(50)41(51)20-32)23-37(38)22-43(54)47(55)53-42(49(57)58)21-30-4-11-33(12-5-30)34-13-6-31(25-52)7-14-34/h2-20,23-24,42-43,46H,21-22,26-28H2,1H3,(H,53,55)(H,57,58)/t42-,43-,46?/m0/s1. The van der Waals surface area contributed by atoms with Gasteiger partial charge in [-0.05, 0) is 107 Å². The van der Waals surface area contributed by atoms with Crippen molar-refractivity contribution in [2.24, 2.45) is 0 Å². The minimum Gasteiger partial charge on any atom is -0.489 e. The predicted octanol–water partition coefficient (Wildman–Crippen LogP) is 9.31. The Bertz CT molecular complexity index is 2650. The van der Waals surface area contributed by atoms with E-state index in [0.29, 0.717) is 50.6 Å². The molecule has 61 heavy (non-hydrogen) atoms. The van der Waals surface area contributed by atoms with Crippen LogP contribution in [0.5, 0.6) is 17.2 Å². The van der Waals surface area contributed by atoms with Crippen LogP contribution in [0.15, 0.2) is 127 Å². The molecular weight excluding hydrogens is 813 g/mol. The van der Waals surface area contributed by atoms with E-state index in [1.165, 1.54) is 4.90 Å². The molecule has 0 saturated carbocycles. The molecule has 2 N–H and O–H groups in total. The minimum atomic E-state index is -1.26. The third-order valence-electron chi connectivity index (χ3n) is 10.9. The molecule has 6 aromatic rings. The molecule has 2 heterocycles. The van der Waals surface area contributed by atoms with Crippen LogP contribution in [-0.4, -0.2) is 46.5 Å². The molecule has 0 aromatic heterocycles. The maximum absolute atomic E-state index is 14.2. The lowest BCUT2D eigenvalue weighted by Gasteiger charge is -2.37. The summed E-state index contributed by atoms with van der Waals surface area (Å²) in [5.41, 5.74) is 7.82. The van der Waals surface area contributed by atoms with Gasteiger partial charge in [0.05, 0.1) is 21.7 Å². The van der Waals surface area contributed by atoms with Crippen LogP contribution in [0.3, 0.4) is 0 Å². The van der Waals surface area contributed by atoms with Gasteiger partial charge in [0.25, 0.3) is 5.91 Å². The summed E-state index contributed by atoms with van der Waals surface area (Å²) in [7, 11) is 0. The van der Waals surface area contributed by atoms with Crippen molar-refractivity contribution in [1.82, 2.24) is 10.2 Å². The van der Waals surface area contributed by atoms with E-state index in [1.54, 1.807) is 36.4 Å². The van der Waals surface area contributed by atoms with Gasteiger partial charge in [-0.1, -0.05) is 95.5 Å². The van der Waals surface area contributed by atoms with Gasteiger partial charge in [-0.15, -0.1) is 0 Å². The van der Waals surface area contributed by atoms with E-state index in [2.05, 4.69) is 11.4 Å². The van der Waals surface area contributed by atoms with Gasteiger partial charge in [-0.25, -0.2) is 4.79 Å². The second-order valence-corrected chi connectivity index (χ2v) is 15.9. The molecule has 0 fully saturated rings. The van der Waals surface area contributed by atoms with Crippen molar-refractivity contribution in [1.29, 1.82) is 5.26 Å². The van der Waals surface area contributed by atoms with E-state index >= 15 is 0 Å². The molecule has 3 atom stereocenters. The average molecular weight is 853 g/mol. The number of hydrogen-bond acceptors (Lipinski definition) is 7. The molecule has 2 aliphatic heterocycles. The number of aliphatic carboxylic acids is 1. The summed E-state index contributed by atoms with van der Waals surface area (Å²) < 4.78 is 18.6. The second kappa shape index (κ2) is 17.8. The van der Waals surface area contributed by atoms with Gasteiger partial charge in [0.15, 0.2) is 17.6 Å². The first-order valence-electron chi connectivity index (χ1n) is 19.6. The van der Waals surface area contributed by atoms with Crippen molar-refractivity contribution in [3.63, 3.8) is 0 Å². The third kappa shape index (κ3) is 9.34. The Morgan fingerprint density at radius 3 is 2.18 bits per heavy atom. The van der Waals surface area contributed by atoms with Crippen LogP contribution in [0, 0.1) is 18.3 Å². The number of benzene rings is 6. The molecule has 306 valence electrons. The number of nitriles is 1. The summed E-state index contributed by atoms with van der Waals surface area (Å²) in [5.74, 6) is -0.435. The summed E-state index contributed by atoms with van der Waals surface area (Å²) in [4.78, 5) is 42.4. The lowest BCUT2D eigenvalue weighted by molar-refractivity contribution is -0.142. The van der Waals surface area contributed by atoms with E-state index < -0.39 is 30.1 Å². The summed E-state index contributed by atoms with van der Waals surface area (Å²) in [6, 6.07) is 38.2. The molecule has 8 rings (SSSR count). The molecular formula is C49H39Cl2N3O7. The topological polar surface area (TPSA) is 138 Å². The van der Waals surface area contributed by atoms with Gasteiger partial charge in [-0.3, -0.25) is 9.59 Å². The monoisotopic (exact) mass is 851 g/mol. The predicted molar refractivity (Wildman–Crippen MR) is 231 cm³/mol. The number of ether oxygens (including phenoxy) is 3. The highest BCUT2D eigenvalue weighted by Crippen LogP contribution is 2.41. The highest BCUT2D eigenvalue weighted by Gasteiger charge is 2.38. The molecule has 0 radical (unpaired) electrons. The Morgan fingerprint density at radius 2 is 1.51 bits per heavy atom. The molecule has 6 aromatic carbocycles. The third-order valence-corrected chi connectivity index (χ3v) is 11.7. The first-order valence-corrected chi connectivity index (χ1v) is 20.4. The fourth-order valence-electron chi connectivity index (χ4n) is 7.47. The van der Waals surface area contributed by atoms with Crippen LogP contribution in [0.1, 0.15) is 55.4 Å². The first-order chi connectivity index (χ1) is 29.5. The molecule has 2 aliphatic rings. The SMILES string of the molecule is Cc1ccc(C(=O)N2Cc3cc4c(cc3C[C@H]2C(=O)N[C@@H](Cc2ccc(-c3ccc(C#N)cc3)cc2)C(=O)O)OCC(c2ccc(OCc3ccc(Cl)c(Cl)c3)cc2)O4)cc1. The number of hydrogen-bond donors (Lipinski definition) is 2. The van der Waals surface area contributed by atoms with Gasteiger partial charge in [-0.2, -0.15) is 5.26 Å². The number of rotatable bonds is 11. The fraction of sp³-hybridized carbons (Fsp3) is 0.184. The van der Waals surface area contributed by atoms with Crippen molar-refractivity contribution in [2.45, 2.75) is 51.1 Å². The largest absolute Gasteiger partial charge is 0.489 e. The zero-order valence-corrected chi connectivity index (χ0v) is 34.5. The summed E-state index contributed by atoms with van der Waals surface area (Å²) in [6.07, 6.45) is -0.255. The molecule has 0 spiro atoms. The quantitative estimate of drug-likeness (QED) is 0.132. The number of carbonyl (C=O) groups excluding carboxylic acids is 2. The van der Waals surface area contributed by atoms with Crippen LogP contribution in [-0.2, 0) is 35.6 Å². The van der Waals surface area contributed by atoms with Crippen molar-refractivity contribution >= 4 is 41.0 Å². The van der Waals surface area contributed by atoms with Crippen LogP contribution < -0.4 is 19.5 Å². The maximum atomic E-state index is 14.2. The minimum absolute atomic E-state index is 0.0261. The number of nitrogens with one attached hydrogen (secondary N) is 1. The van der Waals surface area contributed by atoms with Gasteiger partial charge >= 0.3 is 5.97 Å². The summed E-state index contributed by atoms with van der Waals surface area (Å²) >= 11 is 12.2. The lowest BCUT2D eigenvalue weighted by Crippen LogP contribution is -2.56. The van der Waals surface area contributed by atoms with Crippen LogP contribution in [0.4, 0.5) is 0 Å². The fourth-order valence-corrected chi connectivity index (χ4v) is 7.79. The van der Waals surface area contributed by atoms with Crippen molar-refractivity contribution in [3.05, 3.63) is 182 Å². The maximum Gasteiger partial charge on any atom is 0.326 e. The number of aryl methyl sites for hydroxylation is 1. The van der Waals surface area contributed by atoms with E-state index in [9.17, 15) is 19.5 Å². The number of nitrogens with zero attached hydrogens (tertiary/aromatic N) is 2. The summed E-state index contributed by atoms with van der Waals surface area (Å²) in [6.45, 7) is 2.57. The Kier molecular flexibility index (Phi) is 12.0. The van der Waals surface area contributed by atoms with E-state index in [-0.39, 0.29) is 31.9 Å². The van der Waals surface area contributed by atoms with Crippen LogP contribution in [0.2, 0.25) is 10.0 Å². The van der Waals surface area contributed by atoms with Crippen molar-refractivity contribution in [2.75, 3.05) is 6.61 Å².